The Morgan fingerprint density at radius 3 is 0.988 bits per heavy atom. The molecular formula is C72H130NO8+. The van der Waals surface area contributed by atoms with Crippen LogP contribution in [0, 0.1) is 0 Å². The highest BCUT2D eigenvalue weighted by Crippen LogP contribution is 2.17. The SMILES string of the molecule is CCCCCCC/C=C\C/C=C\C/C=C\CCCCCCCCCCCCCCCCCCCCC(=O)OC(COC(=O)CCCCCCCCCC/C=C\C/C=C\C/C=C\CCCCCCC)COC(OCC[N+](C)(C)C)C(=O)O. The zero-order chi connectivity index (χ0) is 59.1. The lowest BCUT2D eigenvalue weighted by Crippen LogP contribution is -2.40. The summed E-state index contributed by atoms with van der Waals surface area (Å²) in [5.74, 6) is -2.00. The molecule has 0 fully saturated rings. The number of unbranched alkanes of at least 4 members (excludes halogenated alkanes) is 36. The van der Waals surface area contributed by atoms with Crippen molar-refractivity contribution in [2.24, 2.45) is 0 Å². The number of carboxylic acid groups (broad SMARTS) is 1. The Labute approximate surface area is 500 Å². The lowest BCUT2D eigenvalue weighted by atomic mass is 10.0. The number of aliphatic carboxylic acids is 1. The van der Waals surface area contributed by atoms with Crippen molar-refractivity contribution in [1.82, 2.24) is 0 Å². The summed E-state index contributed by atoms with van der Waals surface area (Å²) in [5.41, 5.74) is 0. The van der Waals surface area contributed by atoms with Crippen LogP contribution in [0.3, 0.4) is 0 Å². The molecule has 0 aliphatic rings. The van der Waals surface area contributed by atoms with Gasteiger partial charge in [0, 0.05) is 12.8 Å². The zero-order valence-corrected chi connectivity index (χ0v) is 53.7. The number of rotatable bonds is 63. The number of nitrogens with zero attached hydrogens (tertiary/aromatic N) is 1. The van der Waals surface area contributed by atoms with E-state index in [0.29, 0.717) is 17.4 Å². The largest absolute Gasteiger partial charge is 0.477 e. The molecule has 0 saturated carbocycles. The summed E-state index contributed by atoms with van der Waals surface area (Å²) in [4.78, 5) is 37.6. The number of esters is 2. The van der Waals surface area contributed by atoms with E-state index in [0.717, 1.165) is 77.0 Å². The predicted octanol–water partition coefficient (Wildman–Crippen LogP) is 20.9. The highest BCUT2D eigenvalue weighted by atomic mass is 16.7. The van der Waals surface area contributed by atoms with E-state index in [4.69, 9.17) is 18.9 Å². The molecule has 9 heteroatoms. The van der Waals surface area contributed by atoms with Crippen molar-refractivity contribution in [3.63, 3.8) is 0 Å². The van der Waals surface area contributed by atoms with E-state index in [1.807, 2.05) is 21.1 Å². The van der Waals surface area contributed by atoms with E-state index >= 15 is 0 Å². The molecule has 0 saturated heterocycles. The van der Waals surface area contributed by atoms with Crippen LogP contribution in [0.5, 0.6) is 0 Å². The molecule has 0 rings (SSSR count). The second kappa shape index (κ2) is 62.8. The number of carboxylic acids is 1. The Bertz CT molecular complexity index is 1560. The van der Waals surface area contributed by atoms with Crippen LogP contribution in [-0.4, -0.2) is 87.4 Å². The van der Waals surface area contributed by atoms with Crippen molar-refractivity contribution >= 4 is 17.9 Å². The van der Waals surface area contributed by atoms with E-state index in [1.165, 1.54) is 205 Å². The van der Waals surface area contributed by atoms with Gasteiger partial charge >= 0.3 is 17.9 Å². The van der Waals surface area contributed by atoms with Gasteiger partial charge in [-0.2, -0.15) is 0 Å². The van der Waals surface area contributed by atoms with Gasteiger partial charge in [-0.15, -0.1) is 0 Å². The summed E-state index contributed by atoms with van der Waals surface area (Å²) in [6.45, 7) is 4.88. The van der Waals surface area contributed by atoms with E-state index in [-0.39, 0.29) is 32.2 Å². The first kappa shape index (κ1) is 77.7. The number of hydrogen-bond donors (Lipinski definition) is 1. The number of hydrogen-bond acceptors (Lipinski definition) is 7. The fourth-order valence-electron chi connectivity index (χ4n) is 9.68. The number of quaternary nitrogens is 1. The highest BCUT2D eigenvalue weighted by Gasteiger charge is 2.25. The lowest BCUT2D eigenvalue weighted by molar-refractivity contribution is -0.870. The average molecular weight is 1140 g/mol. The van der Waals surface area contributed by atoms with Crippen molar-refractivity contribution in [3.05, 3.63) is 72.9 Å². The van der Waals surface area contributed by atoms with Gasteiger partial charge in [0.15, 0.2) is 6.10 Å². The van der Waals surface area contributed by atoms with Crippen LogP contribution >= 0.6 is 0 Å². The topological polar surface area (TPSA) is 108 Å². The van der Waals surface area contributed by atoms with Gasteiger partial charge in [0.05, 0.1) is 34.4 Å². The molecule has 0 spiro atoms. The third kappa shape index (κ3) is 64.1. The molecule has 470 valence electrons. The normalized spacial score (nSPS) is 13.1. The van der Waals surface area contributed by atoms with Crippen LogP contribution in [0.4, 0.5) is 0 Å². The molecule has 1 N–H and O–H groups in total. The maximum Gasteiger partial charge on any atom is 0.361 e. The summed E-state index contributed by atoms with van der Waals surface area (Å²) in [6, 6.07) is 0. The quantitative estimate of drug-likeness (QED) is 0.0211. The van der Waals surface area contributed by atoms with Gasteiger partial charge in [0.1, 0.15) is 13.2 Å². The highest BCUT2D eigenvalue weighted by molar-refractivity contribution is 5.71. The van der Waals surface area contributed by atoms with Gasteiger partial charge in [-0.3, -0.25) is 9.59 Å². The summed E-state index contributed by atoms with van der Waals surface area (Å²) >= 11 is 0. The standard InChI is InChI=1S/C72H129NO8/c1-6-8-10-12-14-16-18-20-22-24-26-28-30-31-32-33-34-35-36-37-38-39-41-43-45-47-49-51-53-55-57-59-61-63-70(75)81-68(67-80-72(71(76)77)78-65-64-73(3,4)5)66-79-69(74)62-60-58-56-54-52-50-48-46-44-42-40-29-27-25-23-21-19-17-15-13-11-9-7-2/h18-21,24-27,30-31,40,42,68,72H,6-17,22-23,28-29,32-39,41,43-67H2,1-5H3/p+1/b20-18-,21-19-,26-24-,27-25-,31-30-,42-40-. The number of ether oxygens (including phenoxy) is 4. The van der Waals surface area contributed by atoms with E-state index < -0.39 is 24.3 Å². The Balaban J connectivity index is 4.12. The molecule has 0 radical (unpaired) electrons. The summed E-state index contributed by atoms with van der Waals surface area (Å²) < 4.78 is 23.0. The molecule has 2 atom stereocenters. The van der Waals surface area contributed by atoms with Crippen LogP contribution in [0.15, 0.2) is 72.9 Å². The van der Waals surface area contributed by atoms with E-state index in [9.17, 15) is 19.5 Å². The molecule has 0 heterocycles. The second-order valence-electron chi connectivity index (χ2n) is 24.1. The smallest absolute Gasteiger partial charge is 0.361 e. The van der Waals surface area contributed by atoms with Crippen molar-refractivity contribution < 1.29 is 42.9 Å². The molecule has 81 heavy (non-hydrogen) atoms. The maximum atomic E-state index is 12.9. The van der Waals surface area contributed by atoms with Gasteiger partial charge in [0.25, 0.3) is 6.29 Å². The van der Waals surface area contributed by atoms with Crippen LogP contribution < -0.4 is 0 Å². The summed E-state index contributed by atoms with van der Waals surface area (Å²) in [7, 11) is 5.98. The van der Waals surface area contributed by atoms with Gasteiger partial charge in [-0.25, -0.2) is 4.79 Å². The summed E-state index contributed by atoms with van der Waals surface area (Å²) in [6.07, 6.45) is 80.0. The number of carbonyl (C=O) groups is 3. The molecule has 0 aromatic rings. The monoisotopic (exact) mass is 1140 g/mol. The van der Waals surface area contributed by atoms with Crippen molar-refractivity contribution in [1.29, 1.82) is 0 Å². The second-order valence-corrected chi connectivity index (χ2v) is 24.1. The molecule has 0 aromatic heterocycles. The van der Waals surface area contributed by atoms with Crippen LogP contribution in [0.25, 0.3) is 0 Å². The van der Waals surface area contributed by atoms with Crippen molar-refractivity contribution in [2.75, 3.05) is 47.5 Å². The van der Waals surface area contributed by atoms with E-state index in [1.54, 1.807) is 0 Å². The average Bonchev–Trinajstić information content (AvgIpc) is 3.44. The minimum absolute atomic E-state index is 0.185. The Morgan fingerprint density at radius 1 is 0.370 bits per heavy atom. The first-order valence-electron chi connectivity index (χ1n) is 34.1. The fraction of sp³-hybridized carbons (Fsp3) is 0.792. The third-order valence-electron chi connectivity index (χ3n) is 14.9. The third-order valence-corrected chi connectivity index (χ3v) is 14.9. The van der Waals surface area contributed by atoms with Crippen molar-refractivity contribution in [3.8, 4) is 0 Å². The number of carbonyl (C=O) groups excluding carboxylic acids is 2. The first-order valence-corrected chi connectivity index (χ1v) is 34.1. The molecule has 0 aromatic carbocycles. The lowest BCUT2D eigenvalue weighted by Gasteiger charge is -2.25. The summed E-state index contributed by atoms with van der Waals surface area (Å²) in [5, 5.41) is 9.74. The molecule has 0 aliphatic heterocycles. The van der Waals surface area contributed by atoms with Crippen LogP contribution in [0.1, 0.15) is 309 Å². The van der Waals surface area contributed by atoms with Gasteiger partial charge in [0.2, 0.25) is 0 Å². The number of allylic oxidation sites excluding steroid dienone is 12. The maximum absolute atomic E-state index is 12.9. The molecule has 2 unspecified atom stereocenters. The van der Waals surface area contributed by atoms with Crippen LogP contribution in [0.2, 0.25) is 0 Å². The Morgan fingerprint density at radius 2 is 0.667 bits per heavy atom. The Hall–Kier alpha value is -3.27. The van der Waals surface area contributed by atoms with Gasteiger partial charge < -0.3 is 28.5 Å². The van der Waals surface area contributed by atoms with Gasteiger partial charge in [-0.05, 0) is 89.9 Å². The molecule has 9 nitrogen and oxygen atoms in total. The Kier molecular flexibility index (Phi) is 60.2. The van der Waals surface area contributed by atoms with Crippen molar-refractivity contribution in [2.45, 2.75) is 322 Å². The zero-order valence-electron chi connectivity index (χ0n) is 53.7. The molecule has 0 amide bonds. The first-order chi connectivity index (χ1) is 39.6. The molecule has 0 aliphatic carbocycles. The fourth-order valence-corrected chi connectivity index (χ4v) is 9.68. The minimum Gasteiger partial charge on any atom is -0.477 e. The van der Waals surface area contributed by atoms with E-state index in [2.05, 4.69) is 86.8 Å². The number of likely N-dealkylation sites (N-methyl/N-ethyl adjacent to an activating group) is 1. The molecular weight excluding hydrogens is 1010 g/mol. The predicted molar refractivity (Wildman–Crippen MR) is 346 cm³/mol. The molecule has 0 bridgehead atoms. The minimum atomic E-state index is -1.51. The van der Waals surface area contributed by atoms with Gasteiger partial charge in [-0.1, -0.05) is 279 Å². The van der Waals surface area contributed by atoms with Crippen LogP contribution in [-0.2, 0) is 33.3 Å².